The molecular formula is C27H33N5O2. The van der Waals surface area contributed by atoms with Gasteiger partial charge in [-0.2, -0.15) is 9.59 Å². The van der Waals surface area contributed by atoms with Crippen LogP contribution in [-0.4, -0.2) is 58.7 Å². The smallest absolute Gasteiger partial charge is 0.355 e. The van der Waals surface area contributed by atoms with Gasteiger partial charge < -0.3 is 9.80 Å². The van der Waals surface area contributed by atoms with E-state index in [0.717, 1.165) is 74.2 Å². The summed E-state index contributed by atoms with van der Waals surface area (Å²) in [6, 6.07) is 12.7. The third-order valence-electron chi connectivity index (χ3n) is 6.18. The van der Waals surface area contributed by atoms with Crippen molar-refractivity contribution in [2.75, 3.05) is 37.6 Å². The van der Waals surface area contributed by atoms with Gasteiger partial charge in [-0.15, -0.1) is 0 Å². The third-order valence-corrected chi connectivity index (χ3v) is 6.18. The molecular weight excluding hydrogens is 426 g/mol. The summed E-state index contributed by atoms with van der Waals surface area (Å²) in [5.74, 6) is 1.94. The van der Waals surface area contributed by atoms with Gasteiger partial charge in [0, 0.05) is 38.7 Å². The maximum absolute atomic E-state index is 8.12. The van der Waals surface area contributed by atoms with Gasteiger partial charge >= 0.3 is 6.15 Å². The van der Waals surface area contributed by atoms with Gasteiger partial charge in [0.25, 0.3) is 0 Å². The molecule has 0 amide bonds. The van der Waals surface area contributed by atoms with Gasteiger partial charge in [-0.3, -0.25) is 4.98 Å². The number of hydrogen-bond acceptors (Lipinski definition) is 7. The van der Waals surface area contributed by atoms with Crippen LogP contribution in [0.25, 0.3) is 11.3 Å². The highest BCUT2D eigenvalue weighted by Crippen LogP contribution is 2.40. The van der Waals surface area contributed by atoms with E-state index in [1.54, 1.807) is 0 Å². The Morgan fingerprint density at radius 3 is 2.32 bits per heavy atom. The molecule has 0 bridgehead atoms. The number of aryl methyl sites for hydroxylation is 1. The number of benzene rings is 1. The Balaban J connectivity index is 0.00000103. The number of fused-ring (bicyclic) bond motifs is 3. The van der Waals surface area contributed by atoms with Gasteiger partial charge in [-0.25, -0.2) is 9.97 Å². The molecule has 1 aliphatic carbocycles. The van der Waals surface area contributed by atoms with Crippen LogP contribution in [0.4, 0.5) is 5.82 Å². The van der Waals surface area contributed by atoms with Crippen LogP contribution in [0.2, 0.25) is 0 Å². The molecule has 0 saturated carbocycles. The van der Waals surface area contributed by atoms with Crippen molar-refractivity contribution in [3.63, 3.8) is 0 Å². The molecule has 7 nitrogen and oxygen atoms in total. The van der Waals surface area contributed by atoms with Crippen LogP contribution in [0.5, 0.6) is 0 Å². The number of aromatic nitrogens is 3. The van der Waals surface area contributed by atoms with Gasteiger partial charge in [-0.05, 0) is 43.6 Å². The summed E-state index contributed by atoms with van der Waals surface area (Å²) in [5.41, 5.74) is 7.01. The molecule has 2 heterocycles. The number of pyridine rings is 1. The fourth-order valence-corrected chi connectivity index (χ4v) is 4.39. The first kappa shape index (κ1) is 25.2. The Bertz CT molecular complexity index is 1120. The molecule has 0 aliphatic heterocycles. The Hall–Kier alpha value is -3.41. The monoisotopic (exact) mass is 459 g/mol. The molecule has 0 N–H and O–H groups in total. The predicted molar refractivity (Wildman–Crippen MR) is 133 cm³/mol. The first-order chi connectivity index (χ1) is 16.5. The molecule has 0 fully saturated rings. The number of likely N-dealkylation sites (N-methyl/N-ethyl adjacent to an activating group) is 2. The molecule has 1 aliphatic rings. The van der Waals surface area contributed by atoms with E-state index < -0.39 is 0 Å². The molecule has 1 aromatic carbocycles. The van der Waals surface area contributed by atoms with Gasteiger partial charge in [0.1, 0.15) is 11.6 Å². The number of anilines is 1. The van der Waals surface area contributed by atoms with Crippen molar-refractivity contribution in [2.24, 2.45) is 0 Å². The summed E-state index contributed by atoms with van der Waals surface area (Å²) in [4.78, 5) is 36.0. The molecule has 0 atom stereocenters. The SMILES string of the molecule is CCN(CC)CCN(CC)c1nc(Cc2ccccc2)nc2c1-c1ncc(C)cc1C2.O=C=O. The molecule has 0 spiro atoms. The number of rotatable bonds is 9. The summed E-state index contributed by atoms with van der Waals surface area (Å²) in [6.45, 7) is 13.8. The van der Waals surface area contributed by atoms with Gasteiger partial charge in [-0.1, -0.05) is 50.2 Å². The number of carbonyl (C=O) groups excluding carboxylic acids is 2. The van der Waals surface area contributed by atoms with Crippen molar-refractivity contribution in [3.05, 3.63) is 70.8 Å². The first-order valence-electron chi connectivity index (χ1n) is 11.9. The van der Waals surface area contributed by atoms with E-state index in [-0.39, 0.29) is 6.15 Å². The topological polar surface area (TPSA) is 79.3 Å². The highest BCUT2D eigenvalue weighted by molar-refractivity contribution is 5.82. The van der Waals surface area contributed by atoms with Crippen molar-refractivity contribution in [3.8, 4) is 11.3 Å². The lowest BCUT2D eigenvalue weighted by atomic mass is 10.1. The van der Waals surface area contributed by atoms with Crippen molar-refractivity contribution >= 4 is 12.0 Å². The summed E-state index contributed by atoms with van der Waals surface area (Å²) >= 11 is 0. The largest absolute Gasteiger partial charge is 0.373 e. The summed E-state index contributed by atoms with van der Waals surface area (Å²) < 4.78 is 0. The van der Waals surface area contributed by atoms with Crippen LogP contribution in [0.15, 0.2) is 42.6 Å². The fraction of sp³-hybridized carbons (Fsp3) is 0.407. The lowest BCUT2D eigenvalue weighted by Crippen LogP contribution is -2.36. The highest BCUT2D eigenvalue weighted by atomic mass is 16.2. The second kappa shape index (κ2) is 12.2. The second-order valence-corrected chi connectivity index (χ2v) is 8.33. The van der Waals surface area contributed by atoms with Crippen molar-refractivity contribution in [1.29, 1.82) is 0 Å². The van der Waals surface area contributed by atoms with Gasteiger partial charge in [0.2, 0.25) is 0 Å². The van der Waals surface area contributed by atoms with Crippen LogP contribution in [0.1, 0.15) is 49.0 Å². The molecule has 178 valence electrons. The Kier molecular flexibility index (Phi) is 9.02. The summed E-state index contributed by atoms with van der Waals surface area (Å²) in [6.07, 6.45) is 3.80. The minimum absolute atomic E-state index is 0.250. The lowest BCUT2D eigenvalue weighted by molar-refractivity contribution is -0.191. The lowest BCUT2D eigenvalue weighted by Gasteiger charge is -2.28. The van der Waals surface area contributed by atoms with E-state index >= 15 is 0 Å². The average Bonchev–Trinajstić information content (AvgIpc) is 3.20. The Labute approximate surface area is 201 Å². The van der Waals surface area contributed by atoms with Gasteiger partial charge in [0.05, 0.1) is 17.0 Å². The summed E-state index contributed by atoms with van der Waals surface area (Å²) in [7, 11) is 0. The van der Waals surface area contributed by atoms with E-state index in [1.165, 1.54) is 16.7 Å². The van der Waals surface area contributed by atoms with E-state index in [0.29, 0.717) is 0 Å². The van der Waals surface area contributed by atoms with E-state index in [9.17, 15) is 0 Å². The normalized spacial score (nSPS) is 11.3. The minimum Gasteiger partial charge on any atom is -0.355 e. The van der Waals surface area contributed by atoms with E-state index in [2.05, 4.69) is 73.9 Å². The van der Waals surface area contributed by atoms with E-state index in [4.69, 9.17) is 24.5 Å². The molecule has 3 aromatic rings. The zero-order valence-electron chi connectivity index (χ0n) is 20.5. The average molecular weight is 460 g/mol. The molecule has 2 aromatic heterocycles. The zero-order chi connectivity index (χ0) is 24.5. The van der Waals surface area contributed by atoms with Crippen molar-refractivity contribution in [2.45, 2.75) is 40.5 Å². The Morgan fingerprint density at radius 2 is 1.68 bits per heavy atom. The second-order valence-electron chi connectivity index (χ2n) is 8.33. The van der Waals surface area contributed by atoms with Gasteiger partial charge in [0.15, 0.2) is 0 Å². The molecule has 0 radical (unpaired) electrons. The standard InChI is InChI=1S/C26H33N5.CO2/c1-5-30(6-2)13-14-31(7-3)26-24-22(17-21-15-19(4)18-27-25(21)24)28-23(29-26)16-20-11-9-8-10-12-20;2-1-3/h8-12,15,18H,5-7,13-14,16-17H2,1-4H3;. The predicted octanol–water partition coefficient (Wildman–Crippen LogP) is 3.93. The first-order valence-corrected chi connectivity index (χ1v) is 11.9. The minimum atomic E-state index is 0.250. The summed E-state index contributed by atoms with van der Waals surface area (Å²) in [5, 5.41) is 0. The van der Waals surface area contributed by atoms with Crippen LogP contribution in [0, 0.1) is 6.92 Å². The van der Waals surface area contributed by atoms with Crippen LogP contribution >= 0.6 is 0 Å². The maximum atomic E-state index is 8.12. The van der Waals surface area contributed by atoms with Crippen LogP contribution in [-0.2, 0) is 22.4 Å². The van der Waals surface area contributed by atoms with Crippen molar-refractivity contribution < 1.29 is 9.59 Å². The molecule has 7 heteroatoms. The highest BCUT2D eigenvalue weighted by Gasteiger charge is 2.28. The zero-order valence-corrected chi connectivity index (χ0v) is 20.5. The van der Waals surface area contributed by atoms with Crippen LogP contribution < -0.4 is 4.90 Å². The quantitative estimate of drug-likeness (QED) is 0.375. The third kappa shape index (κ3) is 5.93. The molecule has 4 rings (SSSR count). The number of hydrogen-bond donors (Lipinski definition) is 0. The molecule has 34 heavy (non-hydrogen) atoms. The Morgan fingerprint density at radius 1 is 0.971 bits per heavy atom. The number of nitrogens with zero attached hydrogens (tertiary/aromatic N) is 5. The molecule has 0 unspecified atom stereocenters. The maximum Gasteiger partial charge on any atom is 0.373 e. The van der Waals surface area contributed by atoms with Crippen molar-refractivity contribution in [1.82, 2.24) is 19.9 Å². The molecule has 0 saturated heterocycles. The van der Waals surface area contributed by atoms with E-state index in [1.807, 2.05) is 6.20 Å². The van der Waals surface area contributed by atoms with Crippen LogP contribution in [0.3, 0.4) is 0 Å². The fourth-order valence-electron chi connectivity index (χ4n) is 4.39.